The molecule has 2 aliphatic rings. The number of ether oxygens (including phenoxy) is 3. The highest BCUT2D eigenvalue weighted by Crippen LogP contribution is 2.37. The fourth-order valence-electron chi connectivity index (χ4n) is 4.83. The molecule has 2 atom stereocenters. The molecule has 2 fully saturated rings. The Balaban J connectivity index is 1.52. The summed E-state index contributed by atoms with van der Waals surface area (Å²) in [6.45, 7) is -1.26. The van der Waals surface area contributed by atoms with Crippen molar-refractivity contribution in [2.24, 2.45) is 0 Å². The molecule has 5 rings (SSSR count). The third kappa shape index (κ3) is 5.46. The first-order chi connectivity index (χ1) is 19.6. The van der Waals surface area contributed by atoms with Gasteiger partial charge in [-0.2, -0.15) is 13.9 Å². The molecule has 2 saturated heterocycles. The summed E-state index contributed by atoms with van der Waals surface area (Å²) >= 11 is 0. The zero-order chi connectivity index (χ0) is 29.4. The maximum Gasteiger partial charge on any atom is 0.387 e. The molecule has 1 N–H and O–H groups in total. The molecule has 41 heavy (non-hydrogen) atoms. The van der Waals surface area contributed by atoms with Gasteiger partial charge in [0.1, 0.15) is 35.2 Å². The molecule has 14 heteroatoms. The molecule has 3 heterocycles. The molecule has 2 amide bonds. The van der Waals surface area contributed by atoms with E-state index in [1.807, 2.05) is 0 Å². The number of halogens is 4. The maximum atomic E-state index is 15.2. The molecule has 0 bridgehead atoms. The van der Waals surface area contributed by atoms with Crippen molar-refractivity contribution in [3.63, 3.8) is 0 Å². The van der Waals surface area contributed by atoms with Gasteiger partial charge in [-0.25, -0.2) is 13.5 Å². The van der Waals surface area contributed by atoms with E-state index in [9.17, 15) is 23.2 Å². The third-order valence-electron chi connectivity index (χ3n) is 6.94. The number of hydrogen-bond acceptors (Lipinski definition) is 7. The van der Waals surface area contributed by atoms with Gasteiger partial charge in [-0.1, -0.05) is 0 Å². The first-order valence-corrected chi connectivity index (χ1v) is 12.5. The van der Waals surface area contributed by atoms with Gasteiger partial charge in [0.05, 0.1) is 20.3 Å². The quantitative estimate of drug-likeness (QED) is 0.411. The number of alkyl halides is 2. The van der Waals surface area contributed by atoms with E-state index in [1.165, 1.54) is 34.9 Å². The van der Waals surface area contributed by atoms with Gasteiger partial charge in [-0.3, -0.25) is 19.3 Å². The number of amides is 2. The van der Waals surface area contributed by atoms with Crippen LogP contribution in [0.15, 0.2) is 47.3 Å². The van der Waals surface area contributed by atoms with Crippen LogP contribution in [0, 0.1) is 18.6 Å². The summed E-state index contributed by atoms with van der Waals surface area (Å²) in [5, 5.41) is 6.89. The first kappa shape index (κ1) is 28.1. The highest BCUT2D eigenvalue weighted by molar-refractivity contribution is 6.04. The number of benzene rings is 2. The number of carbonyl (C=O) groups is 2. The summed E-state index contributed by atoms with van der Waals surface area (Å²) < 4.78 is 71.0. The van der Waals surface area contributed by atoms with Gasteiger partial charge in [0.2, 0.25) is 0 Å². The lowest BCUT2D eigenvalue weighted by Crippen LogP contribution is -2.44. The Bertz CT molecular complexity index is 1520. The second-order valence-corrected chi connectivity index (χ2v) is 9.54. The van der Waals surface area contributed by atoms with Crippen LogP contribution in [-0.4, -0.2) is 61.1 Å². The van der Waals surface area contributed by atoms with Crippen LogP contribution in [0.3, 0.4) is 0 Å². The molecule has 216 valence electrons. The molecule has 0 spiro atoms. The molecule has 0 aliphatic carbocycles. The van der Waals surface area contributed by atoms with Crippen LogP contribution in [0.2, 0.25) is 0 Å². The second-order valence-electron chi connectivity index (χ2n) is 9.54. The Hall–Kier alpha value is -4.46. The normalized spacial score (nSPS) is 18.9. The molecule has 2 aromatic carbocycles. The van der Waals surface area contributed by atoms with Crippen molar-refractivity contribution >= 4 is 17.6 Å². The molecule has 2 aliphatic heterocycles. The van der Waals surface area contributed by atoms with E-state index in [-0.39, 0.29) is 48.7 Å². The van der Waals surface area contributed by atoms with E-state index < -0.39 is 53.1 Å². The Morgan fingerprint density at radius 2 is 1.73 bits per heavy atom. The average molecular weight is 577 g/mol. The number of aromatic nitrogens is 2. The van der Waals surface area contributed by atoms with Crippen molar-refractivity contribution < 1.29 is 41.4 Å². The van der Waals surface area contributed by atoms with Crippen LogP contribution < -0.4 is 25.2 Å². The van der Waals surface area contributed by atoms with E-state index in [1.54, 1.807) is 6.92 Å². The third-order valence-corrected chi connectivity index (χ3v) is 6.94. The van der Waals surface area contributed by atoms with Gasteiger partial charge < -0.3 is 19.5 Å². The minimum Gasteiger partial charge on any atom is -0.497 e. The number of carbonyl (C=O) groups excluding carboxylic acids is 2. The lowest BCUT2D eigenvalue weighted by Gasteiger charge is -2.28. The number of aryl methyl sites for hydroxylation is 1. The zero-order valence-corrected chi connectivity index (χ0v) is 21.8. The Kier molecular flexibility index (Phi) is 7.67. The largest absolute Gasteiger partial charge is 0.497 e. The first-order valence-electron chi connectivity index (χ1n) is 12.5. The predicted octanol–water partition coefficient (Wildman–Crippen LogP) is 2.94. The minimum atomic E-state index is -3.06. The molecule has 0 radical (unpaired) electrons. The van der Waals surface area contributed by atoms with E-state index in [0.717, 1.165) is 24.3 Å². The summed E-state index contributed by atoms with van der Waals surface area (Å²) in [5.41, 5.74) is -0.527. The number of hydrogen-bond donors (Lipinski definition) is 1. The fraction of sp³-hybridized carbons (Fsp3) is 0.333. The topological polar surface area (TPSA) is 112 Å². The van der Waals surface area contributed by atoms with Crippen LogP contribution in [-0.2, 0) is 9.53 Å². The number of methoxy groups -OCH3 is 1. The zero-order valence-electron chi connectivity index (χ0n) is 21.8. The van der Waals surface area contributed by atoms with Crippen molar-refractivity contribution in [1.29, 1.82) is 0 Å². The van der Waals surface area contributed by atoms with Crippen molar-refractivity contribution in [3.05, 3.63) is 81.1 Å². The van der Waals surface area contributed by atoms with E-state index >= 15 is 8.78 Å². The fourth-order valence-corrected chi connectivity index (χ4v) is 4.83. The molecular formula is C27H24F4N4O6. The summed E-state index contributed by atoms with van der Waals surface area (Å²) in [7, 11) is 1.24. The molecule has 10 nitrogen and oxygen atoms in total. The Morgan fingerprint density at radius 3 is 2.29 bits per heavy atom. The Morgan fingerprint density at radius 1 is 1.07 bits per heavy atom. The number of nitrogens with one attached hydrogen (secondary N) is 1. The Labute approximate surface area is 230 Å². The maximum absolute atomic E-state index is 15.2. The van der Waals surface area contributed by atoms with Gasteiger partial charge in [0.15, 0.2) is 5.82 Å². The van der Waals surface area contributed by atoms with Gasteiger partial charge >= 0.3 is 6.61 Å². The highest BCUT2D eigenvalue weighted by atomic mass is 19.3. The van der Waals surface area contributed by atoms with Crippen LogP contribution in [0.25, 0.3) is 0 Å². The average Bonchev–Trinajstić information content (AvgIpc) is 3.19. The molecule has 0 unspecified atom stereocenters. The lowest BCUT2D eigenvalue weighted by atomic mass is 9.92. The predicted molar refractivity (Wildman–Crippen MR) is 135 cm³/mol. The van der Waals surface area contributed by atoms with E-state index in [2.05, 4.69) is 15.2 Å². The number of rotatable bonds is 8. The minimum absolute atomic E-state index is 0.0138. The van der Waals surface area contributed by atoms with Crippen LogP contribution in [0.1, 0.15) is 33.4 Å². The van der Waals surface area contributed by atoms with Gasteiger partial charge in [-0.15, -0.1) is 0 Å². The van der Waals surface area contributed by atoms with Crippen molar-refractivity contribution in [2.45, 2.75) is 31.5 Å². The second kappa shape index (κ2) is 11.2. The summed E-state index contributed by atoms with van der Waals surface area (Å²) in [6, 6.07) is 6.14. The van der Waals surface area contributed by atoms with Crippen molar-refractivity contribution in [3.8, 4) is 11.5 Å². The smallest absolute Gasteiger partial charge is 0.387 e. The summed E-state index contributed by atoms with van der Waals surface area (Å²) in [4.78, 5) is 40.6. The summed E-state index contributed by atoms with van der Waals surface area (Å²) in [5.74, 6) is -4.89. The number of anilines is 1. The summed E-state index contributed by atoms with van der Waals surface area (Å²) in [6.07, 6.45) is 0. The van der Waals surface area contributed by atoms with Gasteiger partial charge in [0, 0.05) is 41.8 Å². The van der Waals surface area contributed by atoms with Gasteiger partial charge in [-0.05, 0) is 36.8 Å². The van der Waals surface area contributed by atoms with E-state index in [0.29, 0.717) is 5.56 Å². The highest BCUT2D eigenvalue weighted by Gasteiger charge is 2.46. The lowest BCUT2D eigenvalue weighted by molar-refractivity contribution is -0.118. The number of nitrogens with zero attached hydrogens (tertiary/aromatic N) is 3. The molecular weight excluding hydrogens is 552 g/mol. The van der Waals surface area contributed by atoms with Crippen LogP contribution >= 0.6 is 0 Å². The monoisotopic (exact) mass is 576 g/mol. The molecule has 1 aromatic heterocycles. The van der Waals surface area contributed by atoms with Crippen molar-refractivity contribution in [2.75, 3.05) is 31.8 Å². The van der Waals surface area contributed by atoms with Crippen LogP contribution in [0.4, 0.5) is 23.4 Å². The van der Waals surface area contributed by atoms with Gasteiger partial charge in [0.25, 0.3) is 17.4 Å². The van der Waals surface area contributed by atoms with Crippen molar-refractivity contribution in [1.82, 2.24) is 15.1 Å². The van der Waals surface area contributed by atoms with Crippen LogP contribution in [0.5, 0.6) is 11.5 Å². The molecule has 0 saturated carbocycles. The standard InChI is InChI=1S/C27H24F4N4O6/c1-13-7-21(36)35(15-11-40-12-15)33-24(13)34-10-18(22-19(28)8-17(39-2)9-20(22)29)23(26(34)38)32-25(37)14-3-5-16(6-4-14)41-27(30)31/h3-9,15,18,23,27H,10-12H2,1-2H3,(H,32,37)/t18-,23-/m0/s1. The SMILES string of the molecule is COc1cc(F)c([C@@H]2CN(c3nn(C4COC4)c(=O)cc3C)C(=O)[C@H]2NC(=O)c2ccc(OC(F)F)cc2)c(F)c1. The van der Waals surface area contributed by atoms with E-state index in [4.69, 9.17) is 9.47 Å². The molecule has 3 aromatic rings.